The molecule has 0 bridgehead atoms. The van der Waals surface area contributed by atoms with Crippen LogP contribution in [0.2, 0.25) is 0 Å². The van der Waals surface area contributed by atoms with Gasteiger partial charge in [-0.25, -0.2) is 0 Å². The van der Waals surface area contributed by atoms with Gasteiger partial charge in [-0.2, -0.15) is 13.2 Å². The van der Waals surface area contributed by atoms with E-state index in [1.807, 2.05) is 0 Å². The van der Waals surface area contributed by atoms with Crippen LogP contribution >= 0.6 is 11.3 Å². The van der Waals surface area contributed by atoms with Gasteiger partial charge in [-0.1, -0.05) is 11.2 Å². The molecule has 0 amide bonds. The number of aliphatic hydroxyl groups is 1. The molecule has 2 rings (SSSR count). The Kier molecular flexibility index (Phi) is 2.23. The summed E-state index contributed by atoms with van der Waals surface area (Å²) in [5.74, 6) is -3.17. The molecule has 0 unspecified atom stereocenters. The fourth-order valence-corrected chi connectivity index (χ4v) is 1.86. The van der Waals surface area contributed by atoms with Crippen LogP contribution in [0.15, 0.2) is 22.7 Å². The van der Waals surface area contributed by atoms with Crippen molar-refractivity contribution in [2.24, 2.45) is 5.16 Å². The van der Waals surface area contributed by atoms with E-state index in [0.717, 1.165) is 0 Å². The predicted octanol–water partition coefficient (Wildman–Crippen LogP) is 2.12. The van der Waals surface area contributed by atoms with E-state index in [2.05, 4.69) is 9.99 Å². The minimum absolute atomic E-state index is 0.116. The van der Waals surface area contributed by atoms with E-state index in [4.69, 9.17) is 5.11 Å². The van der Waals surface area contributed by atoms with Crippen LogP contribution in [0, 0.1) is 0 Å². The van der Waals surface area contributed by atoms with E-state index in [9.17, 15) is 13.2 Å². The molecule has 82 valence electrons. The van der Waals surface area contributed by atoms with Gasteiger partial charge in [0.25, 0.3) is 0 Å². The van der Waals surface area contributed by atoms with E-state index in [0.29, 0.717) is 4.88 Å². The molecule has 2 heterocycles. The van der Waals surface area contributed by atoms with Crippen LogP contribution in [0.3, 0.4) is 0 Å². The topological polar surface area (TPSA) is 41.8 Å². The number of hydrogen-bond donors (Lipinski definition) is 1. The van der Waals surface area contributed by atoms with E-state index >= 15 is 0 Å². The summed E-state index contributed by atoms with van der Waals surface area (Å²) in [6, 6.07) is 3.31. The minimum atomic E-state index is -4.84. The molecule has 3 nitrogen and oxygen atoms in total. The summed E-state index contributed by atoms with van der Waals surface area (Å²) in [6.45, 7) is 0. The summed E-state index contributed by atoms with van der Waals surface area (Å²) in [7, 11) is 0. The molecule has 1 aromatic rings. The summed E-state index contributed by atoms with van der Waals surface area (Å²) in [5.41, 5.74) is 0.116. The maximum Gasteiger partial charge on any atom is 0.458 e. The molecule has 0 aromatic carbocycles. The van der Waals surface area contributed by atoms with Gasteiger partial charge in [-0.15, -0.1) is 11.3 Å². The molecule has 1 aliphatic rings. The van der Waals surface area contributed by atoms with Crippen LogP contribution < -0.4 is 0 Å². The molecule has 0 saturated carbocycles. The highest BCUT2D eigenvalue weighted by Gasteiger charge is 2.60. The third-order valence-corrected chi connectivity index (χ3v) is 2.88. The van der Waals surface area contributed by atoms with Gasteiger partial charge in [0.2, 0.25) is 0 Å². The highest BCUT2D eigenvalue weighted by Crippen LogP contribution is 2.39. The van der Waals surface area contributed by atoms with Crippen molar-refractivity contribution in [1.29, 1.82) is 0 Å². The van der Waals surface area contributed by atoms with Gasteiger partial charge in [-0.05, 0) is 11.4 Å². The van der Waals surface area contributed by atoms with Crippen molar-refractivity contribution in [3.8, 4) is 0 Å². The maximum atomic E-state index is 12.3. The Morgan fingerprint density at radius 3 is 2.73 bits per heavy atom. The zero-order valence-corrected chi connectivity index (χ0v) is 8.10. The standard InChI is InChI=1S/C8H6F3NO2S/c9-8(10,11)7(13)4-5(12-14-7)6-2-1-3-15-6/h1-3,13H,4H2/t7-/m1/s1. The summed E-state index contributed by atoms with van der Waals surface area (Å²) >= 11 is 1.24. The molecule has 0 saturated heterocycles. The number of rotatable bonds is 1. The van der Waals surface area contributed by atoms with Gasteiger partial charge >= 0.3 is 12.0 Å². The molecule has 0 spiro atoms. The highest BCUT2D eigenvalue weighted by molar-refractivity contribution is 7.12. The predicted molar refractivity (Wildman–Crippen MR) is 47.6 cm³/mol. The number of oxime groups is 1. The summed E-state index contributed by atoms with van der Waals surface area (Å²) in [6.07, 6.45) is -5.51. The van der Waals surface area contributed by atoms with E-state index in [1.165, 1.54) is 11.3 Å². The second-order valence-electron chi connectivity index (χ2n) is 3.07. The Morgan fingerprint density at radius 1 is 1.53 bits per heavy atom. The summed E-state index contributed by atoms with van der Waals surface area (Å²) in [5, 5.41) is 14.1. The Balaban J connectivity index is 2.18. The number of halogens is 3. The van der Waals surface area contributed by atoms with Crippen molar-refractivity contribution in [1.82, 2.24) is 0 Å². The smallest absolute Gasteiger partial charge is 0.350 e. The zero-order valence-electron chi connectivity index (χ0n) is 7.28. The van der Waals surface area contributed by atoms with E-state index < -0.39 is 18.4 Å². The molecule has 7 heteroatoms. The Hall–Kier alpha value is -1.08. The molecule has 1 aliphatic heterocycles. The fraction of sp³-hybridized carbons (Fsp3) is 0.375. The molecule has 1 N–H and O–H groups in total. The second kappa shape index (κ2) is 3.21. The summed E-state index contributed by atoms with van der Waals surface area (Å²) in [4.78, 5) is 4.63. The average molecular weight is 237 g/mol. The second-order valence-corrected chi connectivity index (χ2v) is 4.01. The van der Waals surface area contributed by atoms with Gasteiger partial charge < -0.3 is 9.94 Å². The fourth-order valence-electron chi connectivity index (χ4n) is 1.15. The molecule has 1 atom stereocenters. The quantitative estimate of drug-likeness (QED) is 0.812. The highest BCUT2D eigenvalue weighted by atomic mass is 32.1. The van der Waals surface area contributed by atoms with Crippen LogP contribution in [0.1, 0.15) is 11.3 Å². The monoisotopic (exact) mass is 237 g/mol. The van der Waals surface area contributed by atoms with Crippen LogP contribution in [0.25, 0.3) is 0 Å². The first-order valence-electron chi connectivity index (χ1n) is 4.00. The van der Waals surface area contributed by atoms with Crippen molar-refractivity contribution in [3.63, 3.8) is 0 Å². The lowest BCUT2D eigenvalue weighted by atomic mass is 10.1. The number of thiophene rings is 1. The Bertz CT molecular complexity index is 387. The van der Waals surface area contributed by atoms with Crippen LogP contribution in [0.4, 0.5) is 13.2 Å². The van der Waals surface area contributed by atoms with Crippen molar-refractivity contribution in [2.45, 2.75) is 18.4 Å². The molecule has 0 fully saturated rings. The molecular formula is C8H6F3NO2S. The average Bonchev–Trinajstić information content (AvgIpc) is 2.70. The molecular weight excluding hydrogens is 231 g/mol. The normalized spacial score (nSPS) is 26.3. The SMILES string of the molecule is O[C@]1(C(F)(F)F)CC(c2cccs2)=NO1. The van der Waals surface area contributed by atoms with E-state index in [-0.39, 0.29) is 5.71 Å². The number of alkyl halides is 3. The van der Waals surface area contributed by atoms with Crippen molar-refractivity contribution in [3.05, 3.63) is 22.4 Å². The molecule has 0 aliphatic carbocycles. The van der Waals surface area contributed by atoms with Gasteiger partial charge in [0.1, 0.15) is 5.71 Å². The van der Waals surface area contributed by atoms with Crippen LogP contribution in [0.5, 0.6) is 0 Å². The first kappa shape index (κ1) is 10.4. The van der Waals surface area contributed by atoms with Gasteiger partial charge in [0.05, 0.1) is 11.3 Å². The molecule has 0 radical (unpaired) electrons. The van der Waals surface area contributed by atoms with Crippen molar-refractivity contribution >= 4 is 17.0 Å². The lowest BCUT2D eigenvalue weighted by Gasteiger charge is -2.22. The maximum absolute atomic E-state index is 12.3. The third kappa shape index (κ3) is 1.72. The molecule has 15 heavy (non-hydrogen) atoms. The summed E-state index contributed by atoms with van der Waals surface area (Å²) < 4.78 is 36.9. The number of hydrogen-bond acceptors (Lipinski definition) is 4. The van der Waals surface area contributed by atoms with Gasteiger partial charge in [0, 0.05) is 0 Å². The lowest BCUT2D eigenvalue weighted by molar-refractivity contribution is -0.355. The van der Waals surface area contributed by atoms with Crippen molar-refractivity contribution in [2.75, 3.05) is 0 Å². The minimum Gasteiger partial charge on any atom is -0.350 e. The first-order chi connectivity index (χ1) is 6.92. The Morgan fingerprint density at radius 2 is 2.27 bits per heavy atom. The van der Waals surface area contributed by atoms with Crippen LogP contribution in [-0.2, 0) is 4.84 Å². The molecule has 1 aromatic heterocycles. The van der Waals surface area contributed by atoms with Gasteiger partial charge in [-0.3, -0.25) is 0 Å². The van der Waals surface area contributed by atoms with E-state index in [1.54, 1.807) is 17.5 Å². The van der Waals surface area contributed by atoms with Gasteiger partial charge in [0.15, 0.2) is 0 Å². The number of nitrogens with zero attached hydrogens (tertiary/aromatic N) is 1. The first-order valence-corrected chi connectivity index (χ1v) is 4.88. The Labute approximate surface area is 86.8 Å². The lowest BCUT2D eigenvalue weighted by Crippen LogP contribution is -2.45. The largest absolute Gasteiger partial charge is 0.458 e. The zero-order chi connectivity index (χ0) is 11.1. The van der Waals surface area contributed by atoms with Crippen LogP contribution in [-0.4, -0.2) is 22.8 Å². The third-order valence-electron chi connectivity index (χ3n) is 1.96. The van der Waals surface area contributed by atoms with Crippen molar-refractivity contribution < 1.29 is 23.1 Å².